The van der Waals surface area contributed by atoms with Gasteiger partial charge in [0.1, 0.15) is 0 Å². The fourth-order valence-corrected chi connectivity index (χ4v) is 5.89. The number of hydrogen-bond donors (Lipinski definition) is 0. The van der Waals surface area contributed by atoms with Gasteiger partial charge in [-0.3, -0.25) is 0 Å². The van der Waals surface area contributed by atoms with Gasteiger partial charge in [0, 0.05) is 9.88 Å². The highest BCUT2D eigenvalue weighted by Gasteiger charge is 2.29. The summed E-state index contributed by atoms with van der Waals surface area (Å²) >= 11 is 3.23. The van der Waals surface area contributed by atoms with Crippen molar-refractivity contribution in [3.05, 3.63) is 39.7 Å². The Morgan fingerprint density at radius 3 is 2.12 bits per heavy atom. The quantitative estimate of drug-likeness (QED) is 0.780. The fraction of sp³-hybridized carbons (Fsp3) is 0.200. The highest BCUT2D eigenvalue weighted by atomic mass is 79.9. The van der Waals surface area contributed by atoms with Gasteiger partial charge in [-0.15, -0.1) is 0 Å². The van der Waals surface area contributed by atoms with Gasteiger partial charge < -0.3 is 0 Å². The molecule has 1 heterocycles. The van der Waals surface area contributed by atoms with Crippen LogP contribution in [0.3, 0.4) is 0 Å². The molecule has 0 amide bonds. The third-order valence-corrected chi connectivity index (χ3v) is 6.46. The molecule has 17 heavy (non-hydrogen) atoms. The maximum atomic E-state index is 11.8. The van der Waals surface area contributed by atoms with E-state index in [-0.39, 0.29) is 16.4 Å². The van der Waals surface area contributed by atoms with Crippen LogP contribution in [-0.2, 0) is 19.7 Å². The molecule has 0 aromatic heterocycles. The molecule has 1 aromatic rings. The van der Waals surface area contributed by atoms with E-state index < -0.39 is 19.7 Å². The second-order valence-electron chi connectivity index (χ2n) is 3.67. The molecule has 1 aliphatic rings. The van der Waals surface area contributed by atoms with Crippen LogP contribution in [0.5, 0.6) is 0 Å². The van der Waals surface area contributed by atoms with Crippen molar-refractivity contribution in [1.82, 2.24) is 0 Å². The Balaban J connectivity index is 2.63. The van der Waals surface area contributed by atoms with Crippen LogP contribution >= 0.6 is 15.9 Å². The average Bonchev–Trinajstić information content (AvgIpc) is 2.24. The molecule has 1 aromatic carbocycles. The van der Waals surface area contributed by atoms with Gasteiger partial charge in [0.2, 0.25) is 0 Å². The Kier molecular flexibility index (Phi) is 3.17. The van der Waals surface area contributed by atoms with Crippen molar-refractivity contribution in [3.8, 4) is 0 Å². The highest BCUT2D eigenvalue weighted by Crippen LogP contribution is 2.28. The SMILES string of the molecule is O=S1(=O)C=C(c2ccc(Br)cc2)S(=O)(=O)CC1. The largest absolute Gasteiger partial charge is 0.224 e. The summed E-state index contributed by atoms with van der Waals surface area (Å²) < 4.78 is 47.3. The minimum atomic E-state index is -3.49. The number of sulfone groups is 2. The summed E-state index contributed by atoms with van der Waals surface area (Å²) in [5, 5.41) is 0.856. The fourth-order valence-electron chi connectivity index (χ4n) is 1.49. The van der Waals surface area contributed by atoms with Crippen LogP contribution in [0.2, 0.25) is 0 Å². The van der Waals surface area contributed by atoms with E-state index in [2.05, 4.69) is 15.9 Å². The highest BCUT2D eigenvalue weighted by molar-refractivity contribution is 9.10. The van der Waals surface area contributed by atoms with Gasteiger partial charge in [0.05, 0.1) is 16.4 Å². The molecule has 0 saturated carbocycles. The average molecular weight is 337 g/mol. The third-order valence-electron chi connectivity index (χ3n) is 2.39. The second kappa shape index (κ2) is 4.22. The van der Waals surface area contributed by atoms with Crippen molar-refractivity contribution >= 4 is 40.5 Å². The van der Waals surface area contributed by atoms with Crippen LogP contribution in [0.25, 0.3) is 4.91 Å². The first kappa shape index (κ1) is 12.8. The molecular formula is C10H9BrO4S2. The molecule has 0 radical (unpaired) electrons. The Labute approximate surface area is 108 Å². The minimum absolute atomic E-state index is 0.115. The summed E-state index contributed by atoms with van der Waals surface area (Å²) in [5.74, 6) is -0.688. The maximum absolute atomic E-state index is 11.8. The summed E-state index contributed by atoms with van der Waals surface area (Å²) in [6, 6.07) is 6.50. The van der Waals surface area contributed by atoms with Crippen molar-refractivity contribution in [1.29, 1.82) is 0 Å². The normalized spacial score (nSPS) is 21.8. The Morgan fingerprint density at radius 1 is 0.941 bits per heavy atom. The van der Waals surface area contributed by atoms with E-state index in [0.29, 0.717) is 5.56 Å². The molecule has 4 nitrogen and oxygen atoms in total. The number of benzene rings is 1. The van der Waals surface area contributed by atoms with Crippen molar-refractivity contribution < 1.29 is 16.8 Å². The Hall–Kier alpha value is -0.660. The van der Waals surface area contributed by atoms with Crippen LogP contribution in [0.15, 0.2) is 34.1 Å². The molecule has 0 N–H and O–H groups in total. The molecule has 0 aliphatic carbocycles. The Morgan fingerprint density at radius 2 is 1.53 bits per heavy atom. The van der Waals surface area contributed by atoms with Crippen LogP contribution in [-0.4, -0.2) is 28.3 Å². The van der Waals surface area contributed by atoms with Crippen molar-refractivity contribution in [3.63, 3.8) is 0 Å². The lowest BCUT2D eigenvalue weighted by molar-refractivity contribution is 0.595. The summed E-state index contributed by atoms with van der Waals surface area (Å²) in [5.41, 5.74) is 0.400. The predicted octanol–water partition coefficient (Wildman–Crippen LogP) is 1.59. The van der Waals surface area contributed by atoms with Gasteiger partial charge in [0.15, 0.2) is 19.7 Å². The van der Waals surface area contributed by atoms with Crippen LogP contribution in [0.1, 0.15) is 5.56 Å². The van der Waals surface area contributed by atoms with Crippen molar-refractivity contribution in [2.45, 2.75) is 0 Å². The summed E-state index contributed by atoms with van der Waals surface area (Å²) in [7, 11) is -6.91. The minimum Gasteiger partial charge on any atom is -0.224 e. The topological polar surface area (TPSA) is 68.3 Å². The lowest BCUT2D eigenvalue weighted by Gasteiger charge is -2.14. The molecule has 0 atom stereocenters. The van der Waals surface area contributed by atoms with E-state index >= 15 is 0 Å². The van der Waals surface area contributed by atoms with E-state index in [1.54, 1.807) is 24.3 Å². The first-order valence-electron chi connectivity index (χ1n) is 4.73. The van der Waals surface area contributed by atoms with E-state index in [0.717, 1.165) is 9.88 Å². The lowest BCUT2D eigenvalue weighted by Crippen LogP contribution is -2.22. The Bertz CT molecular complexity index is 670. The van der Waals surface area contributed by atoms with Crippen LogP contribution in [0.4, 0.5) is 0 Å². The third kappa shape index (κ3) is 2.78. The monoisotopic (exact) mass is 336 g/mol. The van der Waals surface area contributed by atoms with Crippen molar-refractivity contribution in [2.24, 2.45) is 0 Å². The van der Waals surface area contributed by atoms with Gasteiger partial charge in [-0.1, -0.05) is 28.1 Å². The van der Waals surface area contributed by atoms with Gasteiger partial charge in [-0.05, 0) is 17.7 Å². The van der Waals surface area contributed by atoms with Gasteiger partial charge in [-0.2, -0.15) is 0 Å². The molecule has 0 unspecified atom stereocenters. The molecule has 0 spiro atoms. The lowest BCUT2D eigenvalue weighted by atomic mass is 10.2. The number of rotatable bonds is 1. The zero-order chi connectivity index (χ0) is 12.7. The summed E-state index contributed by atoms with van der Waals surface area (Å²) in [6.07, 6.45) is 0. The second-order valence-corrected chi connectivity index (χ2v) is 8.64. The standard InChI is InChI=1S/C10H9BrO4S2/c11-9-3-1-8(2-4-9)10-7-16(12,13)5-6-17(10,14)15/h1-4,7H,5-6H2. The number of halogens is 1. The zero-order valence-electron chi connectivity index (χ0n) is 8.63. The molecular weight excluding hydrogens is 328 g/mol. The van der Waals surface area contributed by atoms with Crippen molar-refractivity contribution in [2.75, 3.05) is 11.5 Å². The number of hydrogen-bond acceptors (Lipinski definition) is 4. The van der Waals surface area contributed by atoms with Gasteiger partial charge in [0.25, 0.3) is 0 Å². The smallest absolute Gasteiger partial charge is 0.180 e. The molecule has 1 aliphatic heterocycles. The first-order valence-corrected chi connectivity index (χ1v) is 8.89. The predicted molar refractivity (Wildman–Crippen MR) is 69.7 cm³/mol. The van der Waals surface area contributed by atoms with E-state index in [1.165, 1.54) is 0 Å². The molecule has 7 heteroatoms. The van der Waals surface area contributed by atoms with E-state index in [1.807, 2.05) is 0 Å². The summed E-state index contributed by atoms with van der Waals surface area (Å²) in [6.45, 7) is 0. The molecule has 2 rings (SSSR count). The molecule has 0 saturated heterocycles. The zero-order valence-corrected chi connectivity index (χ0v) is 11.8. The molecule has 0 fully saturated rings. The summed E-state index contributed by atoms with van der Waals surface area (Å²) in [4.78, 5) is -0.115. The van der Waals surface area contributed by atoms with Gasteiger partial charge >= 0.3 is 0 Å². The first-order chi connectivity index (χ1) is 7.80. The van der Waals surface area contributed by atoms with E-state index in [4.69, 9.17) is 0 Å². The molecule has 92 valence electrons. The maximum Gasteiger partial charge on any atom is 0.180 e. The van der Waals surface area contributed by atoms with Crippen LogP contribution in [0, 0.1) is 0 Å². The van der Waals surface area contributed by atoms with Crippen LogP contribution < -0.4 is 0 Å². The van der Waals surface area contributed by atoms with Gasteiger partial charge in [-0.25, -0.2) is 16.8 Å². The molecule has 0 bridgehead atoms. The van der Waals surface area contributed by atoms with E-state index in [9.17, 15) is 16.8 Å².